The fourth-order valence-corrected chi connectivity index (χ4v) is 3.59. The van der Waals surface area contributed by atoms with Crippen LogP contribution in [0.4, 0.5) is 0 Å². The van der Waals surface area contributed by atoms with Crippen LogP contribution in [0.25, 0.3) is 21.5 Å². The number of rotatable bonds is 10. The van der Waals surface area contributed by atoms with Crippen molar-refractivity contribution in [1.29, 1.82) is 0 Å². The molecular formula is C24H30O4. The van der Waals surface area contributed by atoms with Crippen molar-refractivity contribution in [2.45, 2.75) is 27.1 Å². The van der Waals surface area contributed by atoms with E-state index in [0.29, 0.717) is 39.6 Å². The lowest BCUT2D eigenvalue weighted by Gasteiger charge is -2.15. The fraction of sp³-hybridized carbons (Fsp3) is 0.417. The van der Waals surface area contributed by atoms with Crippen molar-refractivity contribution in [2.75, 3.05) is 40.6 Å². The van der Waals surface area contributed by atoms with E-state index in [0.717, 1.165) is 0 Å². The van der Waals surface area contributed by atoms with Gasteiger partial charge in [0.2, 0.25) is 0 Å². The first-order chi connectivity index (χ1) is 13.7. The number of fused-ring (bicyclic) bond motifs is 2. The largest absolute Gasteiger partial charge is 0.382 e. The molecule has 0 aliphatic heterocycles. The van der Waals surface area contributed by atoms with Gasteiger partial charge in [-0.1, -0.05) is 24.3 Å². The quantitative estimate of drug-likeness (QED) is 0.368. The lowest BCUT2D eigenvalue weighted by atomic mass is 9.91. The molecule has 28 heavy (non-hydrogen) atoms. The third kappa shape index (κ3) is 4.70. The molecule has 4 nitrogen and oxygen atoms in total. The van der Waals surface area contributed by atoms with Gasteiger partial charge in [0.1, 0.15) is 0 Å². The summed E-state index contributed by atoms with van der Waals surface area (Å²) in [4.78, 5) is 0. The normalized spacial score (nSPS) is 11.6. The highest BCUT2D eigenvalue weighted by Gasteiger charge is 2.10. The molecule has 3 rings (SSSR count). The van der Waals surface area contributed by atoms with Crippen LogP contribution in [0.1, 0.15) is 22.3 Å². The molecule has 4 heteroatoms. The molecule has 0 bridgehead atoms. The van der Waals surface area contributed by atoms with Gasteiger partial charge in [-0.3, -0.25) is 0 Å². The number of ether oxygens (including phenoxy) is 4. The minimum Gasteiger partial charge on any atom is -0.382 e. The summed E-state index contributed by atoms with van der Waals surface area (Å²) in [7, 11) is 3.38. The van der Waals surface area contributed by atoms with Crippen LogP contribution >= 0.6 is 0 Å². The van der Waals surface area contributed by atoms with Gasteiger partial charge in [-0.15, -0.1) is 0 Å². The molecular weight excluding hydrogens is 352 g/mol. The number of methoxy groups -OCH3 is 2. The van der Waals surface area contributed by atoms with Gasteiger partial charge in [-0.25, -0.2) is 0 Å². The molecule has 0 aromatic heterocycles. The molecule has 0 aliphatic rings. The Hall–Kier alpha value is -1.98. The van der Waals surface area contributed by atoms with Crippen LogP contribution < -0.4 is 0 Å². The van der Waals surface area contributed by atoms with Crippen LogP contribution in [0.15, 0.2) is 36.4 Å². The van der Waals surface area contributed by atoms with Crippen molar-refractivity contribution in [3.8, 4) is 0 Å². The second-order valence-electron chi connectivity index (χ2n) is 7.10. The Morgan fingerprint density at radius 3 is 1.43 bits per heavy atom. The molecule has 0 saturated heterocycles. The van der Waals surface area contributed by atoms with Gasteiger partial charge in [0, 0.05) is 14.2 Å². The molecule has 0 amide bonds. The first-order valence-electron chi connectivity index (χ1n) is 9.73. The number of benzene rings is 3. The third-order valence-corrected chi connectivity index (χ3v) is 5.19. The maximum absolute atomic E-state index is 5.70. The van der Waals surface area contributed by atoms with Gasteiger partial charge < -0.3 is 18.9 Å². The predicted molar refractivity (Wildman–Crippen MR) is 114 cm³/mol. The van der Waals surface area contributed by atoms with Crippen molar-refractivity contribution in [3.05, 3.63) is 58.7 Å². The van der Waals surface area contributed by atoms with Crippen LogP contribution in [0, 0.1) is 13.8 Å². The maximum Gasteiger partial charge on any atom is 0.0718 e. The highest BCUT2D eigenvalue weighted by Crippen LogP contribution is 2.33. The monoisotopic (exact) mass is 382 g/mol. The molecule has 0 fully saturated rings. The van der Waals surface area contributed by atoms with E-state index in [1.807, 2.05) is 0 Å². The molecule has 0 unspecified atom stereocenters. The van der Waals surface area contributed by atoms with Gasteiger partial charge in [-0.05, 0) is 69.8 Å². The van der Waals surface area contributed by atoms with E-state index in [4.69, 9.17) is 18.9 Å². The average molecular weight is 383 g/mol. The highest BCUT2D eigenvalue weighted by molar-refractivity contribution is 6.05. The molecule has 0 aliphatic carbocycles. The van der Waals surface area contributed by atoms with Gasteiger partial charge in [-0.2, -0.15) is 0 Å². The molecule has 0 saturated carbocycles. The zero-order chi connectivity index (χ0) is 19.9. The summed E-state index contributed by atoms with van der Waals surface area (Å²) in [5.74, 6) is 0. The molecule has 150 valence electrons. The summed E-state index contributed by atoms with van der Waals surface area (Å²) in [6, 6.07) is 13.3. The summed E-state index contributed by atoms with van der Waals surface area (Å²) in [5, 5.41) is 5.18. The maximum atomic E-state index is 5.70. The molecule has 0 atom stereocenters. The van der Waals surface area contributed by atoms with Gasteiger partial charge >= 0.3 is 0 Å². The molecule has 0 radical (unpaired) electrons. The summed E-state index contributed by atoms with van der Waals surface area (Å²) in [5.41, 5.74) is 4.98. The second kappa shape index (κ2) is 9.99. The van der Waals surface area contributed by atoms with E-state index >= 15 is 0 Å². The molecule has 3 aromatic carbocycles. The second-order valence-corrected chi connectivity index (χ2v) is 7.10. The van der Waals surface area contributed by atoms with E-state index in [-0.39, 0.29) is 0 Å². The van der Waals surface area contributed by atoms with Crippen LogP contribution in [0.3, 0.4) is 0 Å². The first kappa shape index (κ1) is 20.7. The van der Waals surface area contributed by atoms with Crippen molar-refractivity contribution in [3.63, 3.8) is 0 Å². The minimum absolute atomic E-state index is 0.600. The van der Waals surface area contributed by atoms with Gasteiger partial charge in [0.15, 0.2) is 0 Å². The summed E-state index contributed by atoms with van der Waals surface area (Å²) >= 11 is 0. The SMILES string of the molecule is COCCOCc1ccc2c(C)c3ccc(COCCOC)cc3c(C)c2c1. The van der Waals surface area contributed by atoms with Crippen LogP contribution in [0.5, 0.6) is 0 Å². The number of hydrogen-bond acceptors (Lipinski definition) is 4. The number of hydrogen-bond donors (Lipinski definition) is 0. The highest BCUT2D eigenvalue weighted by atomic mass is 16.5. The Morgan fingerprint density at radius 1 is 0.571 bits per heavy atom. The van der Waals surface area contributed by atoms with Crippen LogP contribution in [-0.4, -0.2) is 40.6 Å². The molecule has 0 N–H and O–H groups in total. The van der Waals surface area contributed by atoms with Crippen LogP contribution in [-0.2, 0) is 32.2 Å². The minimum atomic E-state index is 0.600. The average Bonchev–Trinajstić information content (AvgIpc) is 2.72. The Labute approximate surface area is 167 Å². The van der Waals surface area contributed by atoms with E-state index in [9.17, 15) is 0 Å². The van der Waals surface area contributed by atoms with E-state index in [1.165, 1.54) is 43.8 Å². The number of aryl methyl sites for hydroxylation is 2. The van der Waals surface area contributed by atoms with Gasteiger partial charge in [0.25, 0.3) is 0 Å². The lowest BCUT2D eigenvalue weighted by Crippen LogP contribution is -2.02. The predicted octanol–water partition coefficient (Wildman–Crippen LogP) is 4.94. The van der Waals surface area contributed by atoms with E-state index < -0.39 is 0 Å². The molecule has 3 aromatic rings. The van der Waals surface area contributed by atoms with E-state index in [1.54, 1.807) is 14.2 Å². The Bertz CT molecular complexity index is 860. The summed E-state index contributed by atoms with van der Waals surface area (Å²) < 4.78 is 21.5. The van der Waals surface area contributed by atoms with Crippen LogP contribution in [0.2, 0.25) is 0 Å². The Morgan fingerprint density at radius 2 is 1.00 bits per heavy atom. The van der Waals surface area contributed by atoms with Gasteiger partial charge in [0.05, 0.1) is 39.6 Å². The zero-order valence-corrected chi connectivity index (χ0v) is 17.3. The Balaban J connectivity index is 1.92. The standard InChI is InChI=1S/C24H30O4/c1-17-21-7-5-19(15-27-11-9-25-3)13-23(21)18(2)24-14-20(6-8-22(17)24)16-28-12-10-26-4/h5-8,13-14H,9-12,15-16H2,1-4H3. The molecule has 0 spiro atoms. The molecule has 0 heterocycles. The van der Waals surface area contributed by atoms with Crippen molar-refractivity contribution in [2.24, 2.45) is 0 Å². The smallest absolute Gasteiger partial charge is 0.0718 e. The Kier molecular flexibility index (Phi) is 7.40. The first-order valence-corrected chi connectivity index (χ1v) is 9.73. The fourth-order valence-electron chi connectivity index (χ4n) is 3.59. The van der Waals surface area contributed by atoms with Crippen molar-refractivity contribution >= 4 is 21.5 Å². The van der Waals surface area contributed by atoms with Crippen molar-refractivity contribution in [1.82, 2.24) is 0 Å². The zero-order valence-electron chi connectivity index (χ0n) is 17.3. The van der Waals surface area contributed by atoms with Crippen molar-refractivity contribution < 1.29 is 18.9 Å². The lowest BCUT2D eigenvalue weighted by molar-refractivity contribution is 0.0617. The summed E-state index contributed by atoms with van der Waals surface area (Å²) in [6.07, 6.45) is 0. The summed E-state index contributed by atoms with van der Waals surface area (Å²) in [6.45, 7) is 8.06. The third-order valence-electron chi connectivity index (χ3n) is 5.19. The van der Waals surface area contributed by atoms with E-state index in [2.05, 4.69) is 50.2 Å². The topological polar surface area (TPSA) is 36.9 Å².